The van der Waals surface area contributed by atoms with Crippen molar-refractivity contribution < 1.29 is 13.3 Å². The van der Waals surface area contributed by atoms with Crippen molar-refractivity contribution in [3.8, 4) is 45.3 Å². The molecule has 0 radical (unpaired) electrons. The Morgan fingerprint density at radius 2 is 0.588 bits per heavy atom. The third-order valence-corrected chi connectivity index (χ3v) is 9.75. The Hall–Kier alpha value is -7.05. The third-order valence-electron chi connectivity index (χ3n) is 9.75. The Kier molecular flexibility index (Phi) is 5.86. The van der Waals surface area contributed by atoms with Crippen LogP contribution in [-0.4, -0.2) is 15.0 Å². The number of nitrogens with zero attached hydrogens (tertiary/aromatic N) is 3. The van der Waals surface area contributed by atoms with Crippen molar-refractivity contribution in [2.45, 2.75) is 0 Å². The largest absolute Gasteiger partial charge is 0.456 e. The highest BCUT2D eigenvalue weighted by Gasteiger charge is 2.17. The van der Waals surface area contributed by atoms with Crippen LogP contribution < -0.4 is 0 Å². The van der Waals surface area contributed by atoms with E-state index >= 15 is 0 Å². The molecule has 0 bridgehead atoms. The molecule has 0 atom stereocenters. The first-order chi connectivity index (χ1) is 25.2. The molecule has 0 N–H and O–H groups in total. The normalized spacial score (nSPS) is 11.9. The monoisotopic (exact) mass is 655 g/mol. The molecule has 238 valence electrons. The van der Waals surface area contributed by atoms with Crippen molar-refractivity contribution in [2.24, 2.45) is 0 Å². The van der Waals surface area contributed by atoms with Gasteiger partial charge in [-0.2, -0.15) is 0 Å². The van der Waals surface area contributed by atoms with Crippen molar-refractivity contribution in [3.63, 3.8) is 0 Å². The Morgan fingerprint density at radius 3 is 1.06 bits per heavy atom. The van der Waals surface area contributed by atoms with Crippen LogP contribution in [-0.2, 0) is 0 Å². The molecule has 7 aromatic carbocycles. The van der Waals surface area contributed by atoms with E-state index in [9.17, 15) is 0 Å². The van der Waals surface area contributed by atoms with Crippen LogP contribution in [0.5, 0.6) is 0 Å². The molecule has 6 nitrogen and oxygen atoms in total. The van der Waals surface area contributed by atoms with Crippen LogP contribution in [0.15, 0.2) is 165 Å². The molecule has 0 unspecified atom stereocenters. The van der Waals surface area contributed by atoms with E-state index in [0.717, 1.165) is 93.6 Å². The van der Waals surface area contributed by atoms with Crippen LogP contribution in [0.3, 0.4) is 0 Å². The standard InChI is InChI=1S/C45H25N3O3/c1-2-8-26(9-3-1)43-46-44(29-16-20-34-32-11-5-7-13-38(32)50-41(34)24-29)48-45(47-43)30-17-21-36-35-19-15-28(23-40(35)51-42(36)25-30)27-14-18-33-31-10-4-6-12-37(31)49-39(33)22-27/h1-25H. The highest BCUT2D eigenvalue weighted by Crippen LogP contribution is 2.37. The number of hydrogen-bond acceptors (Lipinski definition) is 6. The number of para-hydroxylation sites is 2. The number of hydrogen-bond donors (Lipinski definition) is 0. The van der Waals surface area contributed by atoms with Gasteiger partial charge in [0.25, 0.3) is 0 Å². The lowest BCUT2D eigenvalue weighted by molar-refractivity contribution is 0.668. The number of aromatic nitrogens is 3. The van der Waals surface area contributed by atoms with Gasteiger partial charge in [-0.15, -0.1) is 0 Å². The molecule has 0 aliphatic rings. The highest BCUT2D eigenvalue weighted by molar-refractivity contribution is 6.09. The average molecular weight is 656 g/mol. The lowest BCUT2D eigenvalue weighted by atomic mass is 10.0. The maximum atomic E-state index is 6.51. The van der Waals surface area contributed by atoms with Gasteiger partial charge in [-0.25, -0.2) is 15.0 Å². The van der Waals surface area contributed by atoms with E-state index in [1.807, 2.05) is 84.9 Å². The molecule has 11 aromatic rings. The zero-order valence-electron chi connectivity index (χ0n) is 27.0. The molecule has 0 saturated carbocycles. The van der Waals surface area contributed by atoms with E-state index in [-0.39, 0.29) is 0 Å². The van der Waals surface area contributed by atoms with Crippen molar-refractivity contribution in [2.75, 3.05) is 0 Å². The molecular weight excluding hydrogens is 631 g/mol. The summed E-state index contributed by atoms with van der Waals surface area (Å²) in [6.07, 6.45) is 0. The summed E-state index contributed by atoms with van der Waals surface area (Å²) < 4.78 is 18.9. The lowest BCUT2D eigenvalue weighted by Crippen LogP contribution is -2.00. The molecule has 0 fully saturated rings. The maximum absolute atomic E-state index is 6.51. The highest BCUT2D eigenvalue weighted by atomic mass is 16.3. The first-order valence-electron chi connectivity index (χ1n) is 16.8. The van der Waals surface area contributed by atoms with Crippen LogP contribution in [0, 0.1) is 0 Å². The molecule has 4 heterocycles. The van der Waals surface area contributed by atoms with E-state index in [1.54, 1.807) is 0 Å². The van der Waals surface area contributed by atoms with Crippen LogP contribution in [0.25, 0.3) is 111 Å². The molecule has 4 aromatic heterocycles. The molecule has 51 heavy (non-hydrogen) atoms. The maximum Gasteiger partial charge on any atom is 0.164 e. The first-order valence-corrected chi connectivity index (χ1v) is 16.8. The van der Waals surface area contributed by atoms with Crippen molar-refractivity contribution in [1.29, 1.82) is 0 Å². The third kappa shape index (κ3) is 4.47. The van der Waals surface area contributed by atoms with Gasteiger partial charge < -0.3 is 13.3 Å². The van der Waals surface area contributed by atoms with Gasteiger partial charge in [0, 0.05) is 49.0 Å². The Labute approximate surface area is 290 Å². The number of benzene rings is 7. The summed E-state index contributed by atoms with van der Waals surface area (Å²) >= 11 is 0. The molecule has 0 aliphatic heterocycles. The van der Waals surface area contributed by atoms with Crippen LogP contribution in [0.4, 0.5) is 0 Å². The molecule has 0 spiro atoms. The fourth-order valence-electron chi connectivity index (χ4n) is 7.22. The lowest BCUT2D eigenvalue weighted by Gasteiger charge is -2.08. The Balaban J connectivity index is 1.02. The van der Waals surface area contributed by atoms with E-state index in [0.29, 0.717) is 17.5 Å². The number of furan rings is 3. The van der Waals surface area contributed by atoms with Crippen LogP contribution in [0.1, 0.15) is 0 Å². The van der Waals surface area contributed by atoms with Gasteiger partial charge in [0.1, 0.15) is 33.5 Å². The smallest absolute Gasteiger partial charge is 0.164 e. The number of rotatable bonds is 4. The average Bonchev–Trinajstić information content (AvgIpc) is 3.87. The SMILES string of the molecule is c1ccc(-c2nc(-c3ccc4c(c3)oc3ccccc34)nc(-c3ccc4c(c3)oc3cc(-c5ccc6c(c5)oc5ccccc56)ccc34)n2)cc1. The summed E-state index contributed by atoms with van der Waals surface area (Å²) in [7, 11) is 0. The van der Waals surface area contributed by atoms with Gasteiger partial charge in [-0.3, -0.25) is 0 Å². The minimum absolute atomic E-state index is 0.561. The molecule has 11 rings (SSSR count). The predicted octanol–water partition coefficient (Wildman–Crippen LogP) is 12.2. The minimum atomic E-state index is 0.561. The summed E-state index contributed by atoms with van der Waals surface area (Å²) in [6.45, 7) is 0. The van der Waals surface area contributed by atoms with Gasteiger partial charge in [-0.1, -0.05) is 91.0 Å². The summed E-state index contributed by atoms with van der Waals surface area (Å²) in [4.78, 5) is 14.9. The quantitative estimate of drug-likeness (QED) is 0.188. The topological polar surface area (TPSA) is 78.1 Å². The minimum Gasteiger partial charge on any atom is -0.456 e. The summed E-state index contributed by atoms with van der Waals surface area (Å²) in [6, 6.07) is 51.2. The van der Waals surface area contributed by atoms with E-state index in [4.69, 9.17) is 28.2 Å². The molecule has 0 saturated heterocycles. The van der Waals surface area contributed by atoms with E-state index < -0.39 is 0 Å². The van der Waals surface area contributed by atoms with Gasteiger partial charge >= 0.3 is 0 Å². The van der Waals surface area contributed by atoms with Gasteiger partial charge in [0.15, 0.2) is 17.5 Å². The van der Waals surface area contributed by atoms with Gasteiger partial charge in [0.05, 0.1) is 0 Å². The first kappa shape index (κ1) is 27.9. The van der Waals surface area contributed by atoms with Crippen molar-refractivity contribution in [3.05, 3.63) is 152 Å². The molecular formula is C45H25N3O3. The fourth-order valence-corrected chi connectivity index (χ4v) is 7.22. The second kappa shape index (κ2) is 10.7. The van der Waals surface area contributed by atoms with Crippen LogP contribution in [0.2, 0.25) is 0 Å². The molecule has 0 aliphatic carbocycles. The summed E-state index contributed by atoms with van der Waals surface area (Å²) in [5.74, 6) is 1.72. The second-order valence-electron chi connectivity index (χ2n) is 12.8. The van der Waals surface area contributed by atoms with Gasteiger partial charge in [0.2, 0.25) is 0 Å². The van der Waals surface area contributed by atoms with Crippen molar-refractivity contribution in [1.82, 2.24) is 15.0 Å². The predicted molar refractivity (Wildman–Crippen MR) is 203 cm³/mol. The second-order valence-corrected chi connectivity index (χ2v) is 12.8. The van der Waals surface area contributed by atoms with Gasteiger partial charge in [-0.05, 0) is 71.8 Å². The fraction of sp³-hybridized carbons (Fsp3) is 0. The summed E-state index contributed by atoms with van der Waals surface area (Å²) in [5.41, 5.74) is 9.69. The summed E-state index contributed by atoms with van der Waals surface area (Å²) in [5, 5.41) is 6.45. The Morgan fingerprint density at radius 1 is 0.255 bits per heavy atom. The van der Waals surface area contributed by atoms with Crippen LogP contribution >= 0.6 is 0 Å². The number of fused-ring (bicyclic) bond motifs is 9. The van der Waals surface area contributed by atoms with E-state index in [1.165, 1.54) is 0 Å². The zero-order chi connectivity index (χ0) is 33.5. The van der Waals surface area contributed by atoms with Crippen molar-refractivity contribution >= 4 is 65.8 Å². The zero-order valence-corrected chi connectivity index (χ0v) is 27.0. The van der Waals surface area contributed by atoms with E-state index in [2.05, 4.69) is 66.7 Å². The molecule has 0 amide bonds. The molecule has 6 heteroatoms. The Bertz CT molecular complexity index is 3150.